The fourth-order valence-corrected chi connectivity index (χ4v) is 3.37. The molecule has 4 aromatic rings. The minimum Gasteiger partial charge on any atom is -0.346 e. The Bertz CT molecular complexity index is 1140. The molecule has 1 N–H and O–H groups in total. The van der Waals surface area contributed by atoms with Crippen molar-refractivity contribution in [2.75, 3.05) is 0 Å². The summed E-state index contributed by atoms with van der Waals surface area (Å²) in [5, 5.41) is 1.26. The van der Waals surface area contributed by atoms with E-state index in [1.165, 1.54) is 6.20 Å². The summed E-state index contributed by atoms with van der Waals surface area (Å²) in [7, 11) is 0. The fourth-order valence-electron chi connectivity index (χ4n) is 3.13. The van der Waals surface area contributed by atoms with Crippen LogP contribution in [0.2, 0.25) is 5.15 Å². The lowest BCUT2D eigenvalue weighted by Gasteiger charge is -2.12. The molecule has 8 heteroatoms. The van der Waals surface area contributed by atoms with E-state index in [-0.39, 0.29) is 17.1 Å². The molecule has 0 spiro atoms. The van der Waals surface area contributed by atoms with E-state index in [1.54, 1.807) is 18.3 Å². The van der Waals surface area contributed by atoms with Gasteiger partial charge in [-0.3, -0.25) is 4.98 Å². The number of rotatable bonds is 4. The second-order valence-electron chi connectivity index (χ2n) is 6.35. The number of hydrogen-bond donors (Lipinski definition) is 1. The van der Waals surface area contributed by atoms with Crippen molar-refractivity contribution >= 4 is 22.6 Å². The van der Waals surface area contributed by atoms with Gasteiger partial charge in [-0.05, 0) is 41.0 Å². The lowest BCUT2D eigenvalue weighted by Crippen LogP contribution is -2.10. The zero-order valence-corrected chi connectivity index (χ0v) is 15.2. The molecule has 0 fully saturated rings. The van der Waals surface area contributed by atoms with Gasteiger partial charge in [0.1, 0.15) is 10.8 Å². The predicted octanol–water partition coefficient (Wildman–Crippen LogP) is 5.21. The number of fused-ring (bicyclic) bond motifs is 1. The molecule has 0 unspecified atom stereocenters. The fraction of sp³-hybridized carbons (Fsp3) is 0.150. The number of pyridine rings is 3. The largest absolute Gasteiger partial charge is 0.416 e. The summed E-state index contributed by atoms with van der Waals surface area (Å²) in [6, 6.07) is 8.28. The van der Waals surface area contributed by atoms with Crippen LogP contribution in [0, 0.1) is 0 Å². The Kier molecular flexibility index (Phi) is 4.77. The lowest BCUT2D eigenvalue weighted by atomic mass is 10.0. The number of nitrogens with one attached hydrogen (secondary N) is 1. The van der Waals surface area contributed by atoms with Crippen LogP contribution in [-0.4, -0.2) is 19.9 Å². The topological polar surface area (TPSA) is 54.5 Å². The van der Waals surface area contributed by atoms with Crippen molar-refractivity contribution < 1.29 is 13.2 Å². The Balaban J connectivity index is 1.59. The summed E-state index contributed by atoms with van der Waals surface area (Å²) in [6.07, 6.45) is 2.02. The molecule has 0 aliphatic carbocycles. The maximum atomic E-state index is 13.2. The second-order valence-corrected chi connectivity index (χ2v) is 6.71. The number of alkyl halides is 3. The van der Waals surface area contributed by atoms with Gasteiger partial charge in [-0.1, -0.05) is 17.7 Å². The Morgan fingerprint density at radius 2 is 1.82 bits per heavy atom. The van der Waals surface area contributed by atoms with Gasteiger partial charge in [0.05, 0.1) is 5.56 Å². The molecule has 0 aliphatic heterocycles. The van der Waals surface area contributed by atoms with Crippen molar-refractivity contribution in [2.45, 2.75) is 19.0 Å². The third-order valence-corrected chi connectivity index (χ3v) is 4.81. The smallest absolute Gasteiger partial charge is 0.346 e. The molecule has 4 aromatic heterocycles. The summed E-state index contributed by atoms with van der Waals surface area (Å²) < 4.78 is 39.5. The van der Waals surface area contributed by atoms with Crippen molar-refractivity contribution in [2.24, 2.45) is 0 Å². The zero-order valence-electron chi connectivity index (χ0n) is 14.5. The molecule has 0 amide bonds. The van der Waals surface area contributed by atoms with Crippen molar-refractivity contribution in [3.63, 3.8) is 0 Å². The molecule has 0 bridgehead atoms. The monoisotopic (exact) mass is 402 g/mol. The van der Waals surface area contributed by atoms with E-state index in [0.29, 0.717) is 12.1 Å². The summed E-state index contributed by atoms with van der Waals surface area (Å²) in [4.78, 5) is 15.5. The Morgan fingerprint density at radius 3 is 2.61 bits per heavy atom. The summed E-state index contributed by atoms with van der Waals surface area (Å²) in [6.45, 7) is 0. The molecule has 0 saturated carbocycles. The quantitative estimate of drug-likeness (QED) is 0.477. The van der Waals surface area contributed by atoms with Crippen LogP contribution >= 0.6 is 11.6 Å². The van der Waals surface area contributed by atoms with Crippen molar-refractivity contribution in [3.8, 4) is 0 Å². The summed E-state index contributed by atoms with van der Waals surface area (Å²) >= 11 is 6.32. The molecule has 4 rings (SSSR count). The van der Waals surface area contributed by atoms with Gasteiger partial charge < -0.3 is 4.98 Å². The average molecular weight is 403 g/mol. The van der Waals surface area contributed by atoms with Gasteiger partial charge in [0.25, 0.3) is 0 Å². The van der Waals surface area contributed by atoms with Crippen LogP contribution in [0.4, 0.5) is 13.2 Å². The Labute approximate surface area is 163 Å². The molecule has 4 heterocycles. The van der Waals surface area contributed by atoms with Crippen molar-refractivity contribution in [1.29, 1.82) is 0 Å². The van der Waals surface area contributed by atoms with Gasteiger partial charge in [-0.2, -0.15) is 13.2 Å². The van der Waals surface area contributed by atoms with Gasteiger partial charge in [0, 0.05) is 48.7 Å². The molecule has 0 saturated heterocycles. The number of nitrogens with zero attached hydrogens (tertiary/aromatic N) is 3. The first-order valence-corrected chi connectivity index (χ1v) is 8.85. The average Bonchev–Trinajstić information content (AvgIpc) is 3.07. The van der Waals surface area contributed by atoms with Gasteiger partial charge >= 0.3 is 6.18 Å². The summed E-state index contributed by atoms with van der Waals surface area (Å²) in [5.74, 6) is 0. The molecule has 0 aromatic carbocycles. The third kappa shape index (κ3) is 3.71. The minimum absolute atomic E-state index is 0.000309. The van der Waals surface area contributed by atoms with E-state index in [1.807, 2.05) is 18.3 Å². The highest BCUT2D eigenvalue weighted by atomic mass is 35.5. The molecule has 28 heavy (non-hydrogen) atoms. The van der Waals surface area contributed by atoms with E-state index >= 15 is 0 Å². The zero-order chi connectivity index (χ0) is 19.7. The number of H-pyrrole nitrogens is 1. The van der Waals surface area contributed by atoms with E-state index in [9.17, 15) is 13.2 Å². The highest BCUT2D eigenvalue weighted by Gasteiger charge is 2.33. The molecule has 0 aliphatic rings. The van der Waals surface area contributed by atoms with Crippen molar-refractivity contribution in [3.05, 3.63) is 88.2 Å². The van der Waals surface area contributed by atoms with Crippen molar-refractivity contribution in [1.82, 2.24) is 19.9 Å². The molecular formula is C20H14ClF3N4. The van der Waals surface area contributed by atoms with Gasteiger partial charge in [-0.25, -0.2) is 9.97 Å². The van der Waals surface area contributed by atoms with Gasteiger partial charge in [0.2, 0.25) is 0 Å². The van der Waals surface area contributed by atoms with Crippen LogP contribution in [0.5, 0.6) is 0 Å². The van der Waals surface area contributed by atoms with E-state index < -0.39 is 11.7 Å². The highest BCUT2D eigenvalue weighted by molar-refractivity contribution is 6.30. The van der Waals surface area contributed by atoms with Crippen LogP contribution in [0.25, 0.3) is 11.0 Å². The first-order chi connectivity index (χ1) is 13.4. The van der Waals surface area contributed by atoms with Gasteiger partial charge in [-0.15, -0.1) is 0 Å². The number of hydrogen-bond acceptors (Lipinski definition) is 3. The highest BCUT2D eigenvalue weighted by Crippen LogP contribution is 2.32. The number of halogens is 4. The number of aromatic nitrogens is 4. The van der Waals surface area contributed by atoms with Crippen LogP contribution in [0.15, 0.2) is 55.1 Å². The minimum atomic E-state index is -4.44. The Hall–Kier alpha value is -2.93. The van der Waals surface area contributed by atoms with E-state index in [0.717, 1.165) is 34.4 Å². The first-order valence-electron chi connectivity index (χ1n) is 8.47. The third-order valence-electron chi connectivity index (χ3n) is 4.48. The molecular weight excluding hydrogens is 389 g/mol. The molecule has 0 atom stereocenters. The van der Waals surface area contributed by atoms with Gasteiger partial charge in [0.15, 0.2) is 0 Å². The maximum absolute atomic E-state index is 13.2. The SMILES string of the molecule is FC(F)(F)c1ccncc1Cc1ccc(Cc2c[nH]c3ncccc23)c(Cl)n1. The lowest BCUT2D eigenvalue weighted by molar-refractivity contribution is -0.138. The van der Waals surface area contributed by atoms with Crippen LogP contribution in [0.3, 0.4) is 0 Å². The van der Waals surface area contributed by atoms with Crippen LogP contribution in [0.1, 0.15) is 27.9 Å². The van der Waals surface area contributed by atoms with Crippen LogP contribution in [-0.2, 0) is 19.0 Å². The predicted molar refractivity (Wildman–Crippen MR) is 100 cm³/mol. The molecule has 142 valence electrons. The molecule has 4 nitrogen and oxygen atoms in total. The second kappa shape index (κ2) is 7.24. The first kappa shape index (κ1) is 18.4. The molecule has 0 radical (unpaired) electrons. The normalized spacial score (nSPS) is 11.9. The van der Waals surface area contributed by atoms with Crippen LogP contribution < -0.4 is 0 Å². The number of aromatic amines is 1. The summed E-state index contributed by atoms with van der Waals surface area (Å²) in [5.41, 5.74) is 2.40. The Morgan fingerprint density at radius 1 is 0.964 bits per heavy atom. The maximum Gasteiger partial charge on any atom is 0.416 e. The standard InChI is InChI=1S/C20H14ClF3N4/c21-18-12(8-13-11-27-19-16(13)2-1-6-26-19)3-4-15(28-18)9-14-10-25-7-5-17(14)20(22,23)24/h1-7,10-11H,8-9H2,(H,26,27). The van der Waals surface area contributed by atoms with E-state index in [4.69, 9.17) is 11.6 Å². The van der Waals surface area contributed by atoms with E-state index in [2.05, 4.69) is 19.9 Å².